The van der Waals surface area contributed by atoms with Crippen LogP contribution >= 0.6 is 0 Å². The fourth-order valence-electron chi connectivity index (χ4n) is 0.667. The Morgan fingerprint density at radius 3 is 1.00 bits per heavy atom. The van der Waals surface area contributed by atoms with Crippen molar-refractivity contribution in [2.45, 2.75) is 46.5 Å². The summed E-state index contributed by atoms with van der Waals surface area (Å²) in [7, 11) is 0. The lowest BCUT2D eigenvalue weighted by Crippen LogP contribution is -2.29. The first kappa shape index (κ1) is 13.3. The second kappa shape index (κ2) is 7.85. The number of halogens is 3. The Morgan fingerprint density at radius 2 is 1.00 bits per heavy atom. The van der Waals surface area contributed by atoms with E-state index in [2.05, 4.69) is 33.0 Å². The smallest absolute Gasteiger partial charge is 0.312 e. The number of hydrogen-bond donors (Lipinski definition) is 1. The van der Waals surface area contributed by atoms with E-state index < -0.39 is 6.68 Å². The summed E-state index contributed by atoms with van der Waals surface area (Å²) in [5.41, 5.74) is 0. The van der Waals surface area contributed by atoms with Gasteiger partial charge in [-0.05, 0) is 0 Å². The van der Waals surface area contributed by atoms with Gasteiger partial charge in [-0.3, -0.25) is 0 Å². The zero-order valence-electron chi connectivity index (χ0n) is 7.37. The van der Waals surface area contributed by atoms with Crippen molar-refractivity contribution in [3.05, 3.63) is 0 Å². The van der Waals surface area contributed by atoms with Crippen LogP contribution in [0.4, 0.5) is 13.2 Å². The molecule has 0 bridgehead atoms. The molecule has 0 rings (SSSR count). The van der Waals surface area contributed by atoms with E-state index in [9.17, 15) is 13.2 Å². The zero-order valence-corrected chi connectivity index (χ0v) is 7.37. The summed E-state index contributed by atoms with van der Waals surface area (Å²) >= 11 is 0. The predicted octanol–water partition coefficient (Wildman–Crippen LogP) is 2.57. The molecule has 11 heavy (non-hydrogen) atoms. The highest BCUT2D eigenvalue weighted by Crippen LogP contribution is 1.87. The Kier molecular flexibility index (Phi) is 9.53. The summed E-state index contributed by atoms with van der Waals surface area (Å²) in [6.45, 7) is 4.94. The average molecular weight is 171 g/mol. The van der Waals surface area contributed by atoms with Gasteiger partial charge in [-0.1, -0.05) is 27.7 Å². The molecule has 0 saturated heterocycles. The van der Waals surface area contributed by atoms with Gasteiger partial charge in [0.05, 0.1) is 0 Å². The lowest BCUT2D eigenvalue weighted by atomic mass is 10.3. The molecule has 0 radical (unpaired) electrons. The van der Waals surface area contributed by atoms with E-state index >= 15 is 0 Å². The quantitative estimate of drug-likeness (QED) is 0.673. The maximum absolute atomic E-state index is 9.67. The minimum absolute atomic E-state index is 0.625. The Hall–Kier alpha value is -0.250. The van der Waals surface area contributed by atoms with Crippen molar-refractivity contribution in [3.63, 3.8) is 0 Å². The summed E-state index contributed by atoms with van der Waals surface area (Å²) in [5.74, 6) is 0. The summed E-state index contributed by atoms with van der Waals surface area (Å²) < 4.78 is 29.0. The maximum atomic E-state index is 9.67. The van der Waals surface area contributed by atoms with Crippen molar-refractivity contribution in [2.24, 2.45) is 0 Å². The fourth-order valence-corrected chi connectivity index (χ4v) is 0.667. The molecule has 1 nitrogen and oxygen atoms in total. The van der Waals surface area contributed by atoms with Crippen LogP contribution in [0.5, 0.6) is 0 Å². The zero-order chi connectivity index (χ0) is 9.44. The molecule has 0 aliphatic carbocycles. The lowest BCUT2D eigenvalue weighted by Gasteiger charge is -2.10. The summed E-state index contributed by atoms with van der Waals surface area (Å²) in [6.07, 6.45) is 0. The minimum atomic E-state index is -3.67. The largest absolute Gasteiger partial charge is 0.379 e. The van der Waals surface area contributed by atoms with E-state index in [0.717, 1.165) is 0 Å². The Bertz CT molecular complexity index is 65.3. The molecule has 1 N–H and O–H groups in total. The van der Waals surface area contributed by atoms with E-state index in [1.165, 1.54) is 0 Å². The molecular weight excluding hydrogens is 155 g/mol. The van der Waals surface area contributed by atoms with Crippen molar-refractivity contribution in [1.29, 1.82) is 0 Å². The van der Waals surface area contributed by atoms with Crippen molar-refractivity contribution >= 4 is 0 Å². The highest BCUT2D eigenvalue weighted by atomic mass is 19.4. The standard InChI is InChI=1S/C6H15N.CHF3/c1-5(2)7-6(3)4;2-1(3)4/h5-7H,1-4H3;1H. The number of nitrogens with one attached hydrogen (secondary N) is 1. The third-order valence-corrected chi connectivity index (χ3v) is 0.667. The Morgan fingerprint density at radius 1 is 0.818 bits per heavy atom. The molecule has 0 aromatic rings. The molecule has 0 aromatic carbocycles. The van der Waals surface area contributed by atoms with E-state index in [4.69, 9.17) is 0 Å². The molecule has 0 spiro atoms. The Labute approximate surface area is 66.0 Å². The molecule has 70 valence electrons. The highest BCUT2D eigenvalue weighted by Gasteiger charge is 1.92. The van der Waals surface area contributed by atoms with Crippen LogP contribution < -0.4 is 5.32 Å². The van der Waals surface area contributed by atoms with Gasteiger partial charge in [-0.25, -0.2) is 0 Å². The first-order chi connectivity index (χ1) is 4.86. The van der Waals surface area contributed by atoms with Gasteiger partial charge >= 0.3 is 6.68 Å². The van der Waals surface area contributed by atoms with Gasteiger partial charge in [0.15, 0.2) is 0 Å². The average Bonchev–Trinajstić information content (AvgIpc) is 1.56. The molecule has 0 aliphatic rings. The molecule has 0 fully saturated rings. The van der Waals surface area contributed by atoms with Crippen LogP contribution in [0.3, 0.4) is 0 Å². The molecule has 0 amide bonds. The lowest BCUT2D eigenvalue weighted by molar-refractivity contribution is 0.00819. The van der Waals surface area contributed by atoms with Crippen molar-refractivity contribution < 1.29 is 13.2 Å². The van der Waals surface area contributed by atoms with Crippen LogP contribution in [0.25, 0.3) is 0 Å². The van der Waals surface area contributed by atoms with Crippen LogP contribution in [0, 0.1) is 0 Å². The van der Waals surface area contributed by atoms with Gasteiger partial charge in [0.2, 0.25) is 0 Å². The summed E-state index contributed by atoms with van der Waals surface area (Å²) in [4.78, 5) is 0. The maximum Gasteiger partial charge on any atom is 0.379 e. The van der Waals surface area contributed by atoms with E-state index in [-0.39, 0.29) is 0 Å². The third-order valence-electron chi connectivity index (χ3n) is 0.667. The molecular formula is C7H16F3N. The third kappa shape index (κ3) is 41.6. The van der Waals surface area contributed by atoms with Gasteiger partial charge < -0.3 is 5.32 Å². The van der Waals surface area contributed by atoms with E-state index in [1.54, 1.807) is 0 Å². The summed E-state index contributed by atoms with van der Waals surface area (Å²) in [6, 6.07) is 1.25. The van der Waals surface area contributed by atoms with Crippen LogP contribution in [0.1, 0.15) is 27.7 Å². The normalized spacial score (nSPS) is 10.4. The van der Waals surface area contributed by atoms with Crippen molar-refractivity contribution in [1.82, 2.24) is 5.32 Å². The van der Waals surface area contributed by atoms with Crippen LogP contribution in [0.2, 0.25) is 0 Å². The second-order valence-corrected chi connectivity index (χ2v) is 2.72. The van der Waals surface area contributed by atoms with Gasteiger partial charge in [-0.15, -0.1) is 0 Å². The van der Waals surface area contributed by atoms with Gasteiger partial charge in [0.1, 0.15) is 0 Å². The monoisotopic (exact) mass is 171 g/mol. The first-order valence-corrected chi connectivity index (χ1v) is 3.54. The molecule has 0 aromatic heterocycles. The number of rotatable bonds is 2. The predicted molar refractivity (Wildman–Crippen MR) is 40.5 cm³/mol. The number of hydrogen-bond acceptors (Lipinski definition) is 1. The second-order valence-electron chi connectivity index (χ2n) is 2.72. The van der Waals surface area contributed by atoms with Crippen LogP contribution in [-0.2, 0) is 0 Å². The Balaban J connectivity index is 0. The van der Waals surface area contributed by atoms with Gasteiger partial charge in [0.25, 0.3) is 0 Å². The van der Waals surface area contributed by atoms with E-state index in [0.29, 0.717) is 12.1 Å². The molecule has 0 heterocycles. The van der Waals surface area contributed by atoms with Crippen LogP contribution in [0.15, 0.2) is 0 Å². The fraction of sp³-hybridized carbons (Fsp3) is 1.00. The van der Waals surface area contributed by atoms with Crippen molar-refractivity contribution in [3.8, 4) is 0 Å². The minimum Gasteiger partial charge on any atom is -0.312 e. The molecule has 0 unspecified atom stereocenters. The SMILES string of the molecule is CC(C)NC(C)C.FC(F)F. The summed E-state index contributed by atoms with van der Waals surface area (Å²) in [5, 5.41) is 3.31. The first-order valence-electron chi connectivity index (χ1n) is 3.54. The molecule has 0 atom stereocenters. The van der Waals surface area contributed by atoms with Crippen LogP contribution in [-0.4, -0.2) is 18.8 Å². The number of alkyl halides is 3. The molecule has 0 saturated carbocycles. The molecule has 0 aliphatic heterocycles. The molecule has 4 heteroatoms. The van der Waals surface area contributed by atoms with Crippen molar-refractivity contribution in [2.75, 3.05) is 0 Å². The topological polar surface area (TPSA) is 12.0 Å². The van der Waals surface area contributed by atoms with Gasteiger partial charge in [0, 0.05) is 12.1 Å². The highest BCUT2D eigenvalue weighted by molar-refractivity contribution is 4.55. The van der Waals surface area contributed by atoms with E-state index in [1.807, 2.05) is 0 Å². The van der Waals surface area contributed by atoms with Gasteiger partial charge in [-0.2, -0.15) is 13.2 Å².